The molecule has 1 unspecified atom stereocenters. The molecular weight excluding hydrogens is 280 g/mol. The second kappa shape index (κ2) is 6.20. The fourth-order valence-corrected chi connectivity index (χ4v) is 3.24. The van der Waals surface area contributed by atoms with E-state index in [1.165, 1.54) is 0 Å². The van der Waals surface area contributed by atoms with E-state index in [1.807, 2.05) is 17.9 Å². The zero-order valence-corrected chi connectivity index (χ0v) is 13.3. The number of hydrogen-bond acceptors (Lipinski definition) is 5. The molecule has 1 atom stereocenters. The Balaban J connectivity index is 1.74. The highest BCUT2D eigenvalue weighted by molar-refractivity contribution is 5.74. The number of aliphatic hydroxyl groups excluding tert-OH is 1. The molecule has 1 aromatic rings. The van der Waals surface area contributed by atoms with E-state index in [1.54, 1.807) is 6.92 Å². The molecule has 0 bridgehead atoms. The lowest BCUT2D eigenvalue weighted by atomic mass is 9.98. The Labute approximate surface area is 131 Å². The van der Waals surface area contributed by atoms with Gasteiger partial charge in [-0.15, -0.1) is 0 Å². The molecule has 6 heteroatoms. The van der Waals surface area contributed by atoms with Gasteiger partial charge in [0.15, 0.2) is 0 Å². The van der Waals surface area contributed by atoms with Crippen molar-refractivity contribution in [3.05, 3.63) is 17.6 Å². The Morgan fingerprint density at radius 2 is 2.14 bits per heavy atom. The van der Waals surface area contributed by atoms with Crippen LogP contribution < -0.4 is 4.90 Å². The van der Waals surface area contributed by atoms with Crippen LogP contribution in [0.4, 0.5) is 5.82 Å². The van der Waals surface area contributed by atoms with Crippen molar-refractivity contribution >= 4 is 11.7 Å². The van der Waals surface area contributed by atoms with Crippen LogP contribution in [0.25, 0.3) is 0 Å². The molecule has 0 spiro atoms. The van der Waals surface area contributed by atoms with Crippen LogP contribution in [0.1, 0.15) is 37.2 Å². The number of carbonyl (C=O) groups excluding carboxylic acids is 1. The Morgan fingerprint density at radius 3 is 2.82 bits per heavy atom. The molecule has 3 heterocycles. The summed E-state index contributed by atoms with van der Waals surface area (Å²) in [5, 5.41) is 9.38. The summed E-state index contributed by atoms with van der Waals surface area (Å²) in [4.78, 5) is 24.7. The van der Waals surface area contributed by atoms with Crippen molar-refractivity contribution in [2.45, 2.75) is 32.6 Å². The van der Waals surface area contributed by atoms with Crippen LogP contribution in [0.15, 0.2) is 6.07 Å². The first-order valence-electron chi connectivity index (χ1n) is 8.03. The highest BCUT2D eigenvalue weighted by atomic mass is 16.3. The molecule has 6 nitrogen and oxygen atoms in total. The minimum Gasteiger partial charge on any atom is -0.396 e. The first kappa shape index (κ1) is 15.2. The normalized spacial score (nSPS) is 22.6. The van der Waals surface area contributed by atoms with Crippen LogP contribution >= 0.6 is 0 Å². The largest absolute Gasteiger partial charge is 0.396 e. The summed E-state index contributed by atoms with van der Waals surface area (Å²) < 4.78 is 0. The lowest BCUT2D eigenvalue weighted by molar-refractivity contribution is -0.133. The second-order valence-corrected chi connectivity index (χ2v) is 6.48. The van der Waals surface area contributed by atoms with E-state index in [-0.39, 0.29) is 18.4 Å². The summed E-state index contributed by atoms with van der Waals surface area (Å²) in [5.74, 6) is 2.51. The molecule has 120 valence electrons. The van der Waals surface area contributed by atoms with Crippen molar-refractivity contribution in [1.82, 2.24) is 14.9 Å². The number of hydrogen-bond donors (Lipinski definition) is 1. The third kappa shape index (κ3) is 3.06. The molecule has 1 aromatic heterocycles. The predicted octanol–water partition coefficient (Wildman–Crippen LogP) is 0.939. The number of carbonyl (C=O) groups is 1. The molecule has 2 aliphatic heterocycles. The van der Waals surface area contributed by atoms with E-state index in [9.17, 15) is 9.90 Å². The Kier molecular flexibility index (Phi) is 4.29. The molecule has 22 heavy (non-hydrogen) atoms. The molecule has 0 aromatic carbocycles. The van der Waals surface area contributed by atoms with Gasteiger partial charge >= 0.3 is 0 Å². The molecule has 2 saturated heterocycles. The van der Waals surface area contributed by atoms with Crippen LogP contribution in [0.5, 0.6) is 0 Å². The van der Waals surface area contributed by atoms with Gasteiger partial charge in [0.2, 0.25) is 5.91 Å². The molecule has 2 fully saturated rings. The fraction of sp³-hybridized carbons (Fsp3) is 0.688. The minimum absolute atomic E-state index is 0.117. The maximum absolute atomic E-state index is 11.3. The lowest BCUT2D eigenvalue weighted by Crippen LogP contribution is -2.48. The standard InChI is InChI=1S/C16H24N4O2/c1-11-6-15(19-5-3-4-13(7-19)10-21)18-16(17-11)14-8-20(9-14)12(2)22/h6,13-14,21H,3-5,7-10H2,1-2H3. The zero-order valence-electron chi connectivity index (χ0n) is 13.3. The smallest absolute Gasteiger partial charge is 0.219 e. The van der Waals surface area contributed by atoms with Crippen LogP contribution in [-0.4, -0.2) is 58.7 Å². The number of nitrogens with zero attached hydrogens (tertiary/aromatic N) is 4. The van der Waals surface area contributed by atoms with E-state index in [0.717, 1.165) is 56.4 Å². The summed E-state index contributed by atoms with van der Waals surface area (Å²) in [6.07, 6.45) is 2.17. The Bertz CT molecular complexity index is 557. The van der Waals surface area contributed by atoms with Gasteiger partial charge in [0.05, 0.1) is 5.92 Å². The summed E-state index contributed by atoms with van der Waals surface area (Å²) in [5.41, 5.74) is 0.965. The van der Waals surface area contributed by atoms with Crippen LogP contribution in [0, 0.1) is 12.8 Å². The average Bonchev–Trinajstić information content (AvgIpc) is 2.45. The highest BCUT2D eigenvalue weighted by Crippen LogP contribution is 2.28. The predicted molar refractivity (Wildman–Crippen MR) is 83.8 cm³/mol. The molecule has 0 radical (unpaired) electrons. The van der Waals surface area contributed by atoms with E-state index in [2.05, 4.69) is 9.88 Å². The second-order valence-electron chi connectivity index (χ2n) is 6.48. The number of amides is 1. The summed E-state index contributed by atoms with van der Waals surface area (Å²) in [7, 11) is 0. The minimum atomic E-state index is 0.117. The van der Waals surface area contributed by atoms with Crippen molar-refractivity contribution in [3.8, 4) is 0 Å². The number of aromatic nitrogens is 2. The number of anilines is 1. The fourth-order valence-electron chi connectivity index (χ4n) is 3.24. The van der Waals surface area contributed by atoms with Crippen LogP contribution in [0.2, 0.25) is 0 Å². The van der Waals surface area contributed by atoms with E-state index in [4.69, 9.17) is 4.98 Å². The van der Waals surface area contributed by atoms with Crippen LogP contribution in [0.3, 0.4) is 0 Å². The number of rotatable bonds is 3. The number of aryl methyl sites for hydroxylation is 1. The van der Waals surface area contributed by atoms with Gasteiger partial charge in [0, 0.05) is 51.5 Å². The van der Waals surface area contributed by atoms with Crippen molar-refractivity contribution in [1.29, 1.82) is 0 Å². The van der Waals surface area contributed by atoms with E-state index < -0.39 is 0 Å². The number of aliphatic hydroxyl groups is 1. The van der Waals surface area contributed by atoms with E-state index >= 15 is 0 Å². The maximum Gasteiger partial charge on any atom is 0.219 e. The SMILES string of the molecule is CC(=O)N1CC(c2nc(C)cc(N3CCCC(CO)C3)n2)C1. The van der Waals surface area contributed by atoms with E-state index in [0.29, 0.717) is 5.92 Å². The van der Waals surface area contributed by atoms with Crippen molar-refractivity contribution < 1.29 is 9.90 Å². The average molecular weight is 304 g/mol. The van der Waals surface area contributed by atoms with Gasteiger partial charge in [-0.2, -0.15) is 0 Å². The molecule has 0 saturated carbocycles. The lowest BCUT2D eigenvalue weighted by Gasteiger charge is -2.38. The molecule has 2 aliphatic rings. The quantitative estimate of drug-likeness (QED) is 0.900. The van der Waals surface area contributed by atoms with Gasteiger partial charge < -0.3 is 14.9 Å². The van der Waals surface area contributed by atoms with Gasteiger partial charge in [-0.25, -0.2) is 9.97 Å². The van der Waals surface area contributed by atoms with Gasteiger partial charge in [-0.1, -0.05) is 0 Å². The van der Waals surface area contributed by atoms with Gasteiger partial charge in [0.1, 0.15) is 11.6 Å². The zero-order chi connectivity index (χ0) is 15.7. The van der Waals surface area contributed by atoms with Gasteiger partial charge in [0.25, 0.3) is 0 Å². The maximum atomic E-state index is 11.3. The number of piperidine rings is 1. The molecule has 0 aliphatic carbocycles. The van der Waals surface area contributed by atoms with Gasteiger partial charge in [-0.3, -0.25) is 4.79 Å². The Morgan fingerprint density at radius 1 is 1.36 bits per heavy atom. The van der Waals surface area contributed by atoms with Crippen molar-refractivity contribution in [2.24, 2.45) is 5.92 Å². The van der Waals surface area contributed by atoms with Crippen LogP contribution in [-0.2, 0) is 4.79 Å². The Hall–Kier alpha value is -1.69. The topological polar surface area (TPSA) is 69.6 Å². The molecule has 3 rings (SSSR count). The first-order valence-corrected chi connectivity index (χ1v) is 8.03. The molecule has 1 amide bonds. The third-order valence-electron chi connectivity index (χ3n) is 4.65. The summed E-state index contributed by atoms with van der Waals surface area (Å²) >= 11 is 0. The number of likely N-dealkylation sites (tertiary alicyclic amines) is 1. The molecular formula is C16H24N4O2. The molecule has 1 N–H and O–H groups in total. The summed E-state index contributed by atoms with van der Waals surface area (Å²) in [6.45, 7) is 7.11. The summed E-state index contributed by atoms with van der Waals surface area (Å²) in [6, 6.07) is 2.02. The van der Waals surface area contributed by atoms with Crippen molar-refractivity contribution in [2.75, 3.05) is 37.7 Å². The first-order chi connectivity index (χ1) is 10.6. The third-order valence-corrected chi connectivity index (χ3v) is 4.65. The van der Waals surface area contributed by atoms with Crippen molar-refractivity contribution in [3.63, 3.8) is 0 Å². The van der Waals surface area contributed by atoms with Gasteiger partial charge in [-0.05, 0) is 25.7 Å². The highest BCUT2D eigenvalue weighted by Gasteiger charge is 2.32. The monoisotopic (exact) mass is 304 g/mol.